The lowest BCUT2D eigenvalue weighted by molar-refractivity contribution is -0.125. The van der Waals surface area contributed by atoms with E-state index in [4.69, 9.17) is 4.74 Å². The van der Waals surface area contributed by atoms with Gasteiger partial charge in [0, 0.05) is 18.8 Å². The highest BCUT2D eigenvalue weighted by Gasteiger charge is 2.43. The van der Waals surface area contributed by atoms with Gasteiger partial charge in [0.2, 0.25) is 5.91 Å². The van der Waals surface area contributed by atoms with Gasteiger partial charge in [-0.25, -0.2) is 0 Å². The Morgan fingerprint density at radius 2 is 2.28 bits per heavy atom. The van der Waals surface area contributed by atoms with Crippen molar-refractivity contribution >= 4 is 5.91 Å². The van der Waals surface area contributed by atoms with Gasteiger partial charge in [0.05, 0.1) is 37.6 Å². The van der Waals surface area contributed by atoms with Crippen LogP contribution in [0, 0.1) is 31.1 Å². The largest absolute Gasteiger partial charge is 0.374 e. The summed E-state index contributed by atoms with van der Waals surface area (Å²) in [6.07, 6.45) is 2.06. The first-order chi connectivity index (χ1) is 11.9. The number of aromatic nitrogens is 2. The van der Waals surface area contributed by atoms with E-state index < -0.39 is 5.54 Å². The van der Waals surface area contributed by atoms with Gasteiger partial charge in [-0.3, -0.25) is 14.4 Å². The molecule has 7 heteroatoms. The van der Waals surface area contributed by atoms with Crippen LogP contribution < -0.4 is 5.32 Å². The van der Waals surface area contributed by atoms with E-state index in [1.807, 2.05) is 25.5 Å². The third kappa shape index (κ3) is 4.39. The van der Waals surface area contributed by atoms with Gasteiger partial charge in [0.25, 0.3) is 0 Å². The van der Waals surface area contributed by atoms with E-state index in [2.05, 4.69) is 27.5 Å². The number of hydrogen-bond donors (Lipinski definition) is 1. The Bertz CT molecular complexity index is 675. The van der Waals surface area contributed by atoms with Crippen molar-refractivity contribution in [2.75, 3.05) is 26.2 Å². The molecule has 1 aliphatic heterocycles. The predicted molar refractivity (Wildman–Crippen MR) is 92.8 cm³/mol. The average Bonchev–Trinajstić information content (AvgIpc) is 3.35. The van der Waals surface area contributed by atoms with Gasteiger partial charge in [-0.1, -0.05) is 0 Å². The topological polar surface area (TPSA) is 83.2 Å². The van der Waals surface area contributed by atoms with E-state index >= 15 is 0 Å². The van der Waals surface area contributed by atoms with E-state index in [-0.39, 0.29) is 12.0 Å². The van der Waals surface area contributed by atoms with Crippen molar-refractivity contribution in [2.24, 2.45) is 5.92 Å². The van der Waals surface area contributed by atoms with Gasteiger partial charge >= 0.3 is 0 Å². The second-order valence-electron chi connectivity index (χ2n) is 7.47. The molecule has 1 N–H and O–H groups in total. The summed E-state index contributed by atoms with van der Waals surface area (Å²) in [4.78, 5) is 14.5. The highest BCUT2D eigenvalue weighted by Crippen LogP contribution is 2.39. The van der Waals surface area contributed by atoms with Crippen molar-refractivity contribution in [1.29, 1.82) is 5.26 Å². The summed E-state index contributed by atoms with van der Waals surface area (Å²) in [5, 5.41) is 16.8. The van der Waals surface area contributed by atoms with E-state index in [0.717, 1.165) is 30.8 Å². The minimum atomic E-state index is -0.730. The average molecular weight is 345 g/mol. The fraction of sp³-hybridized carbons (Fsp3) is 0.722. The fourth-order valence-corrected chi connectivity index (χ4v) is 3.50. The van der Waals surface area contributed by atoms with Crippen molar-refractivity contribution in [1.82, 2.24) is 20.0 Å². The van der Waals surface area contributed by atoms with Gasteiger partial charge in [-0.05, 0) is 45.6 Å². The lowest BCUT2D eigenvalue weighted by Crippen LogP contribution is -2.53. The molecule has 0 aromatic carbocycles. The fourth-order valence-electron chi connectivity index (χ4n) is 3.50. The highest BCUT2D eigenvalue weighted by molar-refractivity contribution is 5.79. The lowest BCUT2D eigenvalue weighted by Gasteiger charge is -2.33. The predicted octanol–water partition coefficient (Wildman–Crippen LogP) is 1.01. The summed E-state index contributed by atoms with van der Waals surface area (Å²) >= 11 is 0. The Morgan fingerprint density at radius 3 is 2.88 bits per heavy atom. The summed E-state index contributed by atoms with van der Waals surface area (Å²) < 4.78 is 7.80. The summed E-state index contributed by atoms with van der Waals surface area (Å²) in [7, 11) is 0. The molecule has 0 unspecified atom stereocenters. The molecule has 0 bridgehead atoms. The number of amides is 1. The van der Waals surface area contributed by atoms with Gasteiger partial charge in [0.15, 0.2) is 0 Å². The van der Waals surface area contributed by atoms with Crippen molar-refractivity contribution in [3.8, 4) is 6.07 Å². The number of aryl methyl sites for hydroxylation is 2. The maximum Gasteiger partial charge on any atom is 0.235 e. The van der Waals surface area contributed by atoms with Gasteiger partial charge in [0.1, 0.15) is 5.54 Å². The molecule has 1 aliphatic carbocycles. The van der Waals surface area contributed by atoms with Crippen LogP contribution in [0.15, 0.2) is 6.07 Å². The second kappa shape index (κ2) is 7.14. The van der Waals surface area contributed by atoms with Crippen LogP contribution in [0.3, 0.4) is 0 Å². The zero-order valence-electron chi connectivity index (χ0n) is 15.3. The minimum Gasteiger partial charge on any atom is -0.374 e. The number of ether oxygens (including phenoxy) is 1. The van der Waals surface area contributed by atoms with Crippen LogP contribution in [0.1, 0.15) is 31.2 Å². The van der Waals surface area contributed by atoms with Crippen LogP contribution in [-0.2, 0) is 16.1 Å². The molecule has 1 aromatic heterocycles. The van der Waals surface area contributed by atoms with Crippen molar-refractivity contribution in [2.45, 2.75) is 51.8 Å². The number of carbonyl (C=O) groups is 1. The molecule has 7 nitrogen and oxygen atoms in total. The lowest BCUT2D eigenvalue weighted by atomic mass is 9.98. The maximum atomic E-state index is 12.4. The minimum absolute atomic E-state index is 0.0188. The number of morpholine rings is 1. The van der Waals surface area contributed by atoms with Crippen molar-refractivity contribution < 1.29 is 9.53 Å². The Hall–Kier alpha value is -1.91. The molecule has 1 saturated heterocycles. The normalized spacial score (nSPS) is 23.7. The molecule has 0 spiro atoms. The molecule has 1 amide bonds. The number of nitriles is 1. The van der Waals surface area contributed by atoms with E-state index in [1.54, 1.807) is 0 Å². The first-order valence-electron chi connectivity index (χ1n) is 8.97. The number of nitrogens with one attached hydrogen (secondary N) is 1. The molecule has 0 radical (unpaired) electrons. The molecule has 2 aliphatic rings. The van der Waals surface area contributed by atoms with Crippen LogP contribution in [-0.4, -0.2) is 58.5 Å². The third-order valence-electron chi connectivity index (χ3n) is 5.10. The second-order valence-corrected chi connectivity index (χ2v) is 7.47. The Balaban J connectivity index is 1.52. The SMILES string of the molecule is Cc1cc(C)n(C[C@@H]2CN(CC(=O)N[C@@](C)(C#N)C3CC3)CCO2)n1. The Morgan fingerprint density at radius 1 is 1.52 bits per heavy atom. The monoisotopic (exact) mass is 345 g/mol. The van der Waals surface area contributed by atoms with Crippen molar-refractivity contribution in [3.63, 3.8) is 0 Å². The number of hydrogen-bond acceptors (Lipinski definition) is 5. The summed E-state index contributed by atoms with van der Waals surface area (Å²) in [6, 6.07) is 4.32. The molecular weight excluding hydrogens is 318 g/mol. The molecule has 1 saturated carbocycles. The molecule has 136 valence electrons. The summed E-state index contributed by atoms with van der Waals surface area (Å²) in [5.74, 6) is 0.215. The Labute approximate surface area is 148 Å². The summed E-state index contributed by atoms with van der Waals surface area (Å²) in [6.45, 7) is 8.87. The van der Waals surface area contributed by atoms with Crippen molar-refractivity contribution in [3.05, 3.63) is 17.5 Å². The molecule has 2 atom stereocenters. The molecular formula is C18H27N5O2. The van der Waals surface area contributed by atoms with Gasteiger partial charge < -0.3 is 10.1 Å². The smallest absolute Gasteiger partial charge is 0.235 e. The Kier molecular flexibility index (Phi) is 5.11. The van der Waals surface area contributed by atoms with Crippen LogP contribution in [0.4, 0.5) is 0 Å². The third-order valence-corrected chi connectivity index (χ3v) is 5.10. The van der Waals surface area contributed by atoms with Crippen LogP contribution in [0.2, 0.25) is 0 Å². The first kappa shape index (κ1) is 17.9. The number of carbonyl (C=O) groups excluding carboxylic acids is 1. The maximum absolute atomic E-state index is 12.4. The number of rotatable bonds is 6. The zero-order chi connectivity index (χ0) is 18.0. The first-order valence-corrected chi connectivity index (χ1v) is 8.97. The quantitative estimate of drug-likeness (QED) is 0.832. The molecule has 25 heavy (non-hydrogen) atoms. The van der Waals surface area contributed by atoms with Crippen LogP contribution in [0.25, 0.3) is 0 Å². The molecule has 2 heterocycles. The highest BCUT2D eigenvalue weighted by atomic mass is 16.5. The van der Waals surface area contributed by atoms with E-state index in [0.29, 0.717) is 32.2 Å². The van der Waals surface area contributed by atoms with E-state index in [1.165, 1.54) is 0 Å². The van der Waals surface area contributed by atoms with Crippen LogP contribution in [0.5, 0.6) is 0 Å². The molecule has 3 rings (SSSR count). The zero-order valence-corrected chi connectivity index (χ0v) is 15.3. The van der Waals surface area contributed by atoms with Gasteiger partial charge in [-0.2, -0.15) is 10.4 Å². The standard InChI is InChI=1S/C18H27N5O2/c1-13-8-14(2)23(21-13)10-16-9-22(6-7-25-16)11-17(24)20-18(3,12-19)15-4-5-15/h8,15-16H,4-7,9-11H2,1-3H3,(H,20,24)/t16-,18-/m0/s1. The molecule has 1 aromatic rings. The summed E-state index contributed by atoms with van der Waals surface area (Å²) in [5.41, 5.74) is 1.39. The van der Waals surface area contributed by atoms with Crippen LogP contribution >= 0.6 is 0 Å². The number of nitrogens with zero attached hydrogens (tertiary/aromatic N) is 4. The molecule has 2 fully saturated rings. The van der Waals surface area contributed by atoms with E-state index in [9.17, 15) is 10.1 Å². The van der Waals surface area contributed by atoms with Gasteiger partial charge in [-0.15, -0.1) is 0 Å².